The van der Waals surface area contributed by atoms with Crippen LogP contribution in [0.5, 0.6) is 5.75 Å². The van der Waals surface area contributed by atoms with Gasteiger partial charge in [-0.3, -0.25) is 25.8 Å². The van der Waals surface area contributed by atoms with E-state index in [1.807, 2.05) is 6.92 Å². The maximum atomic E-state index is 12.2. The minimum atomic E-state index is -0.369. The summed E-state index contributed by atoms with van der Waals surface area (Å²) in [5.41, 5.74) is 5.35. The van der Waals surface area contributed by atoms with E-state index >= 15 is 0 Å². The van der Waals surface area contributed by atoms with Crippen LogP contribution in [-0.4, -0.2) is 23.5 Å². The van der Waals surface area contributed by atoms with Crippen LogP contribution >= 0.6 is 12.2 Å². The van der Waals surface area contributed by atoms with Crippen molar-refractivity contribution in [2.45, 2.75) is 40.0 Å². The van der Waals surface area contributed by atoms with Crippen molar-refractivity contribution in [1.82, 2.24) is 16.2 Å². The number of carbonyl (C=O) groups is 2. The molecule has 0 heterocycles. The second kappa shape index (κ2) is 10.6. The molecule has 0 spiro atoms. The summed E-state index contributed by atoms with van der Waals surface area (Å²) >= 11 is 4.98. The molecule has 0 aliphatic carbocycles. The van der Waals surface area contributed by atoms with Gasteiger partial charge >= 0.3 is 0 Å². The smallest absolute Gasteiger partial charge is 0.257 e. The molecule has 0 saturated heterocycles. The van der Waals surface area contributed by atoms with Crippen molar-refractivity contribution in [3.8, 4) is 5.75 Å². The van der Waals surface area contributed by atoms with Gasteiger partial charge in [0, 0.05) is 12.0 Å². The zero-order valence-corrected chi connectivity index (χ0v) is 15.2. The van der Waals surface area contributed by atoms with Crippen molar-refractivity contribution in [1.29, 1.82) is 0 Å². The van der Waals surface area contributed by atoms with Crippen molar-refractivity contribution >= 4 is 29.1 Å². The highest BCUT2D eigenvalue weighted by molar-refractivity contribution is 7.80. The summed E-state index contributed by atoms with van der Waals surface area (Å²) in [4.78, 5) is 23.5. The van der Waals surface area contributed by atoms with E-state index in [0.29, 0.717) is 30.3 Å². The molecule has 1 rings (SSSR count). The van der Waals surface area contributed by atoms with Gasteiger partial charge in [-0.25, -0.2) is 0 Å². The number of thiocarbonyl (C=S) groups is 1. The number of ether oxygens (including phenoxy) is 1. The number of rotatable bonds is 7. The van der Waals surface area contributed by atoms with E-state index in [4.69, 9.17) is 17.0 Å². The molecular formula is C17H25N3O3S. The summed E-state index contributed by atoms with van der Waals surface area (Å²) in [7, 11) is 0. The molecule has 6 nitrogen and oxygen atoms in total. The highest BCUT2D eigenvalue weighted by atomic mass is 32.1. The monoisotopic (exact) mass is 351 g/mol. The number of hydrogen-bond donors (Lipinski definition) is 3. The third-order valence-electron chi connectivity index (χ3n) is 3.08. The van der Waals surface area contributed by atoms with Crippen molar-refractivity contribution in [3.05, 3.63) is 29.8 Å². The van der Waals surface area contributed by atoms with Gasteiger partial charge in [0.05, 0.1) is 6.61 Å². The first-order valence-corrected chi connectivity index (χ1v) is 8.46. The first-order valence-electron chi connectivity index (χ1n) is 8.05. The average Bonchev–Trinajstić information content (AvgIpc) is 2.53. The molecule has 24 heavy (non-hydrogen) atoms. The molecular weight excluding hydrogens is 326 g/mol. The van der Waals surface area contributed by atoms with E-state index in [0.717, 1.165) is 12.8 Å². The number of nitrogens with one attached hydrogen (secondary N) is 3. The van der Waals surface area contributed by atoms with Gasteiger partial charge in [-0.2, -0.15) is 0 Å². The van der Waals surface area contributed by atoms with Gasteiger partial charge in [0.15, 0.2) is 5.11 Å². The highest BCUT2D eigenvalue weighted by Crippen LogP contribution is 2.14. The van der Waals surface area contributed by atoms with Crippen LogP contribution in [0, 0.1) is 5.92 Å². The minimum absolute atomic E-state index is 0.0376. The lowest BCUT2D eigenvalue weighted by molar-refractivity contribution is -0.121. The van der Waals surface area contributed by atoms with Crippen LogP contribution in [0.3, 0.4) is 0 Å². The second-order valence-electron chi connectivity index (χ2n) is 5.77. The zero-order chi connectivity index (χ0) is 17.9. The molecule has 0 fully saturated rings. The van der Waals surface area contributed by atoms with E-state index in [9.17, 15) is 9.59 Å². The van der Waals surface area contributed by atoms with Crippen LogP contribution in [0.4, 0.5) is 0 Å². The van der Waals surface area contributed by atoms with Gasteiger partial charge in [0.25, 0.3) is 5.91 Å². The van der Waals surface area contributed by atoms with Gasteiger partial charge in [-0.1, -0.05) is 26.8 Å². The normalized spacial score (nSPS) is 10.2. The van der Waals surface area contributed by atoms with Crippen molar-refractivity contribution in [3.63, 3.8) is 0 Å². The fourth-order valence-electron chi connectivity index (χ4n) is 1.76. The Morgan fingerprint density at radius 3 is 2.67 bits per heavy atom. The van der Waals surface area contributed by atoms with Crippen LogP contribution in [0.25, 0.3) is 0 Å². The van der Waals surface area contributed by atoms with E-state index < -0.39 is 0 Å². The minimum Gasteiger partial charge on any atom is -0.494 e. The summed E-state index contributed by atoms with van der Waals surface area (Å²) in [6.07, 6.45) is 2.07. The summed E-state index contributed by atoms with van der Waals surface area (Å²) < 4.78 is 5.63. The van der Waals surface area contributed by atoms with Crippen molar-refractivity contribution in [2.24, 2.45) is 5.92 Å². The lowest BCUT2D eigenvalue weighted by Gasteiger charge is -2.12. The molecule has 1 aromatic rings. The summed E-state index contributed by atoms with van der Waals surface area (Å²) in [6, 6.07) is 6.88. The quantitative estimate of drug-likeness (QED) is 0.520. The highest BCUT2D eigenvalue weighted by Gasteiger charge is 2.09. The predicted octanol–water partition coefficient (Wildman–Crippen LogP) is 2.55. The van der Waals surface area contributed by atoms with E-state index in [-0.39, 0.29) is 16.9 Å². The molecule has 0 bridgehead atoms. The lowest BCUT2D eigenvalue weighted by Crippen LogP contribution is -2.48. The molecule has 0 aliphatic rings. The first-order chi connectivity index (χ1) is 11.4. The number of hydrazine groups is 1. The van der Waals surface area contributed by atoms with E-state index in [2.05, 4.69) is 30.0 Å². The Balaban J connectivity index is 2.49. The predicted molar refractivity (Wildman–Crippen MR) is 97.6 cm³/mol. The van der Waals surface area contributed by atoms with E-state index in [1.165, 1.54) is 0 Å². The summed E-state index contributed by atoms with van der Waals surface area (Å²) in [6.45, 7) is 6.75. The Labute approximate surface area is 148 Å². The molecule has 0 aromatic heterocycles. The van der Waals surface area contributed by atoms with Crippen LogP contribution in [0.1, 0.15) is 50.4 Å². The number of hydrogen-bond acceptors (Lipinski definition) is 4. The third-order valence-corrected chi connectivity index (χ3v) is 3.28. The van der Waals surface area contributed by atoms with Gasteiger partial charge < -0.3 is 4.74 Å². The Morgan fingerprint density at radius 2 is 2.00 bits per heavy atom. The van der Waals surface area contributed by atoms with Crippen molar-refractivity contribution in [2.75, 3.05) is 6.61 Å². The van der Waals surface area contributed by atoms with Crippen LogP contribution in [-0.2, 0) is 4.79 Å². The van der Waals surface area contributed by atoms with Gasteiger partial charge in [-0.05, 0) is 49.2 Å². The van der Waals surface area contributed by atoms with E-state index in [1.54, 1.807) is 24.3 Å². The molecule has 0 aliphatic heterocycles. The Kier molecular flexibility index (Phi) is 8.78. The Morgan fingerprint density at radius 1 is 1.25 bits per heavy atom. The molecule has 7 heteroatoms. The Bertz CT molecular complexity index is 576. The van der Waals surface area contributed by atoms with Crippen LogP contribution < -0.4 is 20.9 Å². The Hall–Kier alpha value is -2.15. The fourth-order valence-corrected chi connectivity index (χ4v) is 1.91. The number of benzene rings is 1. The maximum Gasteiger partial charge on any atom is 0.257 e. The standard InChI is InChI=1S/C17H25N3O3S/c1-4-6-15(21)19-20-17(24)18-16(22)13-7-5-8-14(11-13)23-10-9-12(2)3/h5,7-8,11-12H,4,6,9-10H2,1-3H3,(H,19,21)(H2,18,20,22,24). The summed E-state index contributed by atoms with van der Waals surface area (Å²) in [5.74, 6) is 0.641. The fraction of sp³-hybridized carbons (Fsp3) is 0.471. The molecule has 132 valence electrons. The second-order valence-corrected chi connectivity index (χ2v) is 6.17. The third kappa shape index (κ3) is 7.92. The molecule has 1 aromatic carbocycles. The SMILES string of the molecule is CCCC(=O)NNC(=S)NC(=O)c1cccc(OCCC(C)C)c1. The molecule has 0 saturated carbocycles. The van der Waals surface area contributed by atoms with Crippen LogP contribution in [0.15, 0.2) is 24.3 Å². The first kappa shape index (κ1) is 19.9. The molecule has 0 unspecified atom stereocenters. The molecule has 2 amide bonds. The van der Waals surface area contributed by atoms with Crippen molar-refractivity contribution < 1.29 is 14.3 Å². The maximum absolute atomic E-state index is 12.2. The summed E-state index contributed by atoms with van der Waals surface area (Å²) in [5, 5.41) is 2.54. The molecule has 0 radical (unpaired) electrons. The molecule has 0 atom stereocenters. The number of amides is 2. The van der Waals surface area contributed by atoms with Crippen LogP contribution in [0.2, 0.25) is 0 Å². The van der Waals surface area contributed by atoms with Gasteiger partial charge in [-0.15, -0.1) is 0 Å². The molecule has 3 N–H and O–H groups in total. The number of carbonyl (C=O) groups excluding carboxylic acids is 2. The largest absolute Gasteiger partial charge is 0.494 e. The van der Waals surface area contributed by atoms with Gasteiger partial charge in [0.1, 0.15) is 5.75 Å². The lowest BCUT2D eigenvalue weighted by atomic mass is 10.1. The van der Waals surface area contributed by atoms with Gasteiger partial charge in [0.2, 0.25) is 5.91 Å². The average molecular weight is 351 g/mol. The topological polar surface area (TPSA) is 79.5 Å². The zero-order valence-electron chi connectivity index (χ0n) is 14.3.